The molecule has 0 amide bonds. The van der Waals surface area contributed by atoms with Crippen molar-refractivity contribution in [1.29, 1.82) is 0 Å². The van der Waals surface area contributed by atoms with E-state index in [0.29, 0.717) is 12.1 Å². The third-order valence-electron chi connectivity index (χ3n) is 3.78. The van der Waals surface area contributed by atoms with Gasteiger partial charge in [0.05, 0.1) is 11.8 Å². The lowest BCUT2D eigenvalue weighted by Gasteiger charge is -2.10. The lowest BCUT2D eigenvalue weighted by Crippen LogP contribution is -2.39. The lowest BCUT2D eigenvalue weighted by atomic mass is 10.1. The van der Waals surface area contributed by atoms with Gasteiger partial charge in [-0.15, -0.1) is 11.3 Å². The van der Waals surface area contributed by atoms with Crippen molar-refractivity contribution in [1.82, 2.24) is 14.6 Å². The highest BCUT2D eigenvalue weighted by Crippen LogP contribution is 2.30. The first-order chi connectivity index (χ1) is 10.4. The molecule has 7 nitrogen and oxygen atoms in total. The molecule has 0 bridgehead atoms. The minimum atomic E-state index is -0.566. The molecule has 2 aromatic heterocycles. The molecule has 2 aromatic rings. The predicted molar refractivity (Wildman–Crippen MR) is 84.7 cm³/mol. The van der Waals surface area contributed by atoms with E-state index in [1.807, 2.05) is 19.1 Å². The fourth-order valence-electron chi connectivity index (χ4n) is 2.49. The first-order valence-electron chi connectivity index (χ1n) is 6.78. The molecule has 0 saturated heterocycles. The van der Waals surface area contributed by atoms with Gasteiger partial charge in [0.15, 0.2) is 0 Å². The minimum absolute atomic E-state index is 0.0185. The van der Waals surface area contributed by atoms with Gasteiger partial charge in [-0.25, -0.2) is 4.79 Å². The highest BCUT2D eigenvalue weighted by molar-refractivity contribution is 7.12. The highest BCUT2D eigenvalue weighted by atomic mass is 32.1. The van der Waals surface area contributed by atoms with Crippen molar-refractivity contribution in [2.24, 2.45) is 19.2 Å². The van der Waals surface area contributed by atoms with Crippen LogP contribution >= 0.6 is 11.3 Å². The molecule has 0 fully saturated rings. The second-order valence-electron chi connectivity index (χ2n) is 5.30. The molecule has 0 spiro atoms. The molecule has 0 aliphatic carbocycles. The first kappa shape index (κ1) is 14.6. The molecule has 1 aliphatic rings. The summed E-state index contributed by atoms with van der Waals surface area (Å²) >= 11 is 1.66. The Morgan fingerprint density at radius 3 is 2.68 bits per heavy atom. The third kappa shape index (κ3) is 2.16. The van der Waals surface area contributed by atoms with E-state index in [1.54, 1.807) is 11.3 Å². The van der Waals surface area contributed by atoms with Gasteiger partial charge in [0.1, 0.15) is 5.56 Å². The Morgan fingerprint density at radius 2 is 2.05 bits per heavy atom. The molecule has 116 valence electrons. The molecular weight excluding hydrogens is 304 g/mol. The summed E-state index contributed by atoms with van der Waals surface area (Å²) in [6.07, 6.45) is 0.487. The second-order valence-corrected chi connectivity index (χ2v) is 6.62. The smallest absolute Gasteiger partial charge is 0.333 e. The van der Waals surface area contributed by atoms with Gasteiger partial charge >= 0.3 is 5.69 Å². The van der Waals surface area contributed by atoms with Gasteiger partial charge in [0.2, 0.25) is 5.88 Å². The number of aromatic hydroxyl groups is 1. The van der Waals surface area contributed by atoms with Crippen LogP contribution in [0.25, 0.3) is 0 Å². The molecule has 3 rings (SSSR count). The van der Waals surface area contributed by atoms with E-state index in [2.05, 4.69) is 10.5 Å². The summed E-state index contributed by atoms with van der Waals surface area (Å²) in [5, 5.41) is 14.3. The standard InChI is InChI=1S/C14H16N4O3S/c1-7-4-5-10(22-7)8-6-9(16-15-8)11-12(19)17(2)14(21)18(3)13(11)20/h4-5,8,15,19H,6H2,1-3H3. The van der Waals surface area contributed by atoms with Crippen LogP contribution in [0, 0.1) is 6.92 Å². The molecule has 8 heteroatoms. The van der Waals surface area contributed by atoms with Crippen molar-refractivity contribution in [3.8, 4) is 5.88 Å². The number of aromatic nitrogens is 2. The van der Waals surface area contributed by atoms with Gasteiger partial charge in [-0.1, -0.05) is 0 Å². The maximum atomic E-state index is 12.3. The quantitative estimate of drug-likeness (QED) is 0.848. The molecule has 1 atom stereocenters. The molecule has 0 radical (unpaired) electrons. The molecule has 1 aliphatic heterocycles. The topological polar surface area (TPSA) is 88.6 Å². The van der Waals surface area contributed by atoms with Gasteiger partial charge in [-0.05, 0) is 19.1 Å². The van der Waals surface area contributed by atoms with Crippen LogP contribution in [0.3, 0.4) is 0 Å². The van der Waals surface area contributed by atoms with E-state index in [9.17, 15) is 14.7 Å². The summed E-state index contributed by atoms with van der Waals surface area (Å²) in [7, 11) is 2.81. The highest BCUT2D eigenvalue weighted by Gasteiger charge is 2.28. The van der Waals surface area contributed by atoms with Crippen LogP contribution in [0.1, 0.15) is 27.8 Å². The van der Waals surface area contributed by atoms with Crippen LogP contribution in [0.2, 0.25) is 0 Å². The van der Waals surface area contributed by atoms with Gasteiger partial charge in [0, 0.05) is 30.3 Å². The van der Waals surface area contributed by atoms with Crippen molar-refractivity contribution >= 4 is 17.0 Å². The number of nitrogens with one attached hydrogen (secondary N) is 1. The Hall–Kier alpha value is -2.35. The van der Waals surface area contributed by atoms with Crippen LogP contribution < -0.4 is 16.7 Å². The van der Waals surface area contributed by atoms with E-state index in [4.69, 9.17) is 0 Å². The summed E-state index contributed by atoms with van der Waals surface area (Å²) < 4.78 is 2.02. The number of hydrogen-bond donors (Lipinski definition) is 2. The number of nitrogens with zero attached hydrogens (tertiary/aromatic N) is 3. The van der Waals surface area contributed by atoms with Crippen molar-refractivity contribution in [2.75, 3.05) is 0 Å². The zero-order chi connectivity index (χ0) is 16.0. The van der Waals surface area contributed by atoms with Crippen LogP contribution in [0.5, 0.6) is 5.88 Å². The fraction of sp³-hybridized carbons (Fsp3) is 0.357. The predicted octanol–water partition coefficient (Wildman–Crippen LogP) is 0.598. The molecule has 3 heterocycles. The largest absolute Gasteiger partial charge is 0.494 e. The summed E-state index contributed by atoms with van der Waals surface area (Å²) in [4.78, 5) is 26.4. The zero-order valence-corrected chi connectivity index (χ0v) is 13.3. The summed E-state index contributed by atoms with van der Waals surface area (Å²) in [6.45, 7) is 2.03. The van der Waals surface area contributed by atoms with Gasteiger partial charge in [-0.3, -0.25) is 13.9 Å². The fourth-order valence-corrected chi connectivity index (χ4v) is 3.41. The Kier molecular flexibility index (Phi) is 3.40. The van der Waals surface area contributed by atoms with Crippen molar-refractivity contribution < 1.29 is 5.11 Å². The summed E-state index contributed by atoms with van der Waals surface area (Å²) in [6, 6.07) is 4.03. The minimum Gasteiger partial charge on any atom is -0.494 e. The van der Waals surface area contributed by atoms with Crippen LogP contribution in [-0.4, -0.2) is 20.0 Å². The van der Waals surface area contributed by atoms with E-state index < -0.39 is 11.2 Å². The van der Waals surface area contributed by atoms with Crippen LogP contribution in [0.4, 0.5) is 0 Å². The Labute approximate surface area is 130 Å². The Bertz CT molecular complexity index is 890. The summed E-state index contributed by atoms with van der Waals surface area (Å²) in [5.41, 5.74) is 2.43. The number of rotatable bonds is 2. The molecular formula is C14H16N4O3S. The average molecular weight is 320 g/mol. The third-order valence-corrected chi connectivity index (χ3v) is 4.89. The van der Waals surface area contributed by atoms with Gasteiger partial charge in [0.25, 0.3) is 5.56 Å². The molecule has 22 heavy (non-hydrogen) atoms. The lowest BCUT2D eigenvalue weighted by molar-refractivity contribution is 0.410. The van der Waals surface area contributed by atoms with Gasteiger partial charge < -0.3 is 10.5 Å². The van der Waals surface area contributed by atoms with Gasteiger partial charge in [-0.2, -0.15) is 5.10 Å². The van der Waals surface area contributed by atoms with Crippen molar-refractivity contribution in [3.63, 3.8) is 0 Å². The van der Waals surface area contributed by atoms with E-state index >= 15 is 0 Å². The van der Waals surface area contributed by atoms with Crippen LogP contribution in [-0.2, 0) is 14.1 Å². The van der Waals surface area contributed by atoms with Crippen LogP contribution in [0.15, 0.2) is 26.8 Å². The maximum Gasteiger partial charge on any atom is 0.333 e. The second kappa shape index (κ2) is 5.13. The Balaban J connectivity index is 2.01. The first-order valence-corrected chi connectivity index (χ1v) is 7.59. The average Bonchev–Trinajstić information content (AvgIpc) is 3.12. The van der Waals surface area contributed by atoms with E-state index in [1.165, 1.54) is 19.0 Å². The SMILES string of the molecule is Cc1ccc(C2CC(c3c(O)n(C)c(=O)n(C)c3=O)=NN2)s1. The number of thiophene rings is 1. The van der Waals surface area contributed by atoms with E-state index in [0.717, 1.165) is 14.0 Å². The molecule has 2 N–H and O–H groups in total. The Morgan fingerprint density at radius 1 is 1.32 bits per heavy atom. The monoisotopic (exact) mass is 320 g/mol. The maximum absolute atomic E-state index is 12.3. The molecule has 1 unspecified atom stereocenters. The number of hydrogen-bond acceptors (Lipinski definition) is 6. The number of aryl methyl sites for hydroxylation is 1. The van der Waals surface area contributed by atoms with Crippen molar-refractivity contribution in [2.45, 2.75) is 19.4 Å². The number of hydrazone groups is 1. The zero-order valence-electron chi connectivity index (χ0n) is 12.5. The normalized spacial score (nSPS) is 17.4. The molecule has 0 aromatic carbocycles. The van der Waals surface area contributed by atoms with Crippen molar-refractivity contribution in [3.05, 3.63) is 48.3 Å². The van der Waals surface area contributed by atoms with E-state index in [-0.39, 0.29) is 17.5 Å². The molecule has 0 saturated carbocycles. The summed E-state index contributed by atoms with van der Waals surface area (Å²) in [5.74, 6) is -0.350.